The van der Waals surface area contributed by atoms with Gasteiger partial charge >= 0.3 is 7.75 Å². The summed E-state index contributed by atoms with van der Waals surface area (Å²) in [6.45, 7) is 0.374. The first-order chi connectivity index (χ1) is 8.69. The third-order valence-electron chi connectivity index (χ3n) is 2.67. The number of nitrogens with zero attached hydrogens (tertiary/aromatic N) is 1. The molecule has 0 radical (unpaired) electrons. The van der Waals surface area contributed by atoms with Crippen molar-refractivity contribution in [1.29, 1.82) is 0 Å². The van der Waals surface area contributed by atoms with Crippen molar-refractivity contribution in [1.82, 2.24) is 4.83 Å². The topological polar surface area (TPSA) is 48.0 Å². The Morgan fingerprint density at radius 1 is 1.28 bits per heavy atom. The summed E-state index contributed by atoms with van der Waals surface area (Å²) < 4.78 is 22.1. The van der Waals surface area contributed by atoms with Gasteiger partial charge in [-0.3, -0.25) is 13.9 Å². The van der Waals surface area contributed by atoms with Crippen LogP contribution in [0.1, 0.15) is 5.56 Å². The Bertz CT molecular complexity index is 466. The van der Waals surface area contributed by atoms with Crippen LogP contribution in [0, 0.1) is 0 Å². The molecule has 1 heterocycles. The lowest BCUT2D eigenvalue weighted by Crippen LogP contribution is -2.18. The largest absolute Gasteiger partial charge is 0.458 e. The van der Waals surface area contributed by atoms with Crippen LogP contribution in [0.5, 0.6) is 0 Å². The van der Waals surface area contributed by atoms with Gasteiger partial charge in [-0.2, -0.15) is 4.83 Å². The predicted molar refractivity (Wildman–Crippen MR) is 67.6 cm³/mol. The minimum absolute atomic E-state index is 0.374. The van der Waals surface area contributed by atoms with Crippen LogP contribution in [-0.2, 0) is 24.9 Å². The van der Waals surface area contributed by atoms with Crippen molar-refractivity contribution in [2.75, 3.05) is 20.8 Å². The molecule has 0 atom stereocenters. The number of rotatable bonds is 5. The van der Waals surface area contributed by atoms with Crippen molar-refractivity contribution < 1.29 is 18.5 Å². The maximum absolute atomic E-state index is 12.3. The molecule has 1 aliphatic heterocycles. The molecular weight excluding hydrogens is 253 g/mol. The highest BCUT2D eigenvalue weighted by molar-refractivity contribution is 7.51. The predicted octanol–water partition coefficient (Wildman–Crippen LogP) is 2.76. The molecule has 0 fully saturated rings. The summed E-state index contributed by atoms with van der Waals surface area (Å²) in [5.74, 6) is 0. The summed E-state index contributed by atoms with van der Waals surface area (Å²) in [5.41, 5.74) is 1.89. The molecule has 18 heavy (non-hydrogen) atoms. The summed E-state index contributed by atoms with van der Waals surface area (Å²) in [4.78, 5) is 6.56. The van der Waals surface area contributed by atoms with Gasteiger partial charge in [0.15, 0.2) is 0 Å². The van der Waals surface area contributed by atoms with E-state index >= 15 is 0 Å². The minimum atomic E-state index is -3.38. The third-order valence-corrected chi connectivity index (χ3v) is 4.41. The Balaban J connectivity index is 2.16. The van der Waals surface area contributed by atoms with E-state index in [1.165, 1.54) is 19.1 Å². The molecule has 0 spiro atoms. The molecule has 0 unspecified atom stereocenters. The summed E-state index contributed by atoms with van der Waals surface area (Å²) in [6.07, 6.45) is 2.50. The second kappa shape index (κ2) is 5.67. The van der Waals surface area contributed by atoms with Crippen LogP contribution in [-0.4, -0.2) is 25.7 Å². The Kier molecular flexibility index (Phi) is 4.19. The summed E-state index contributed by atoms with van der Waals surface area (Å²) in [6, 6.07) is 9.88. The third kappa shape index (κ3) is 2.65. The van der Waals surface area contributed by atoms with Crippen LogP contribution >= 0.6 is 7.75 Å². The van der Waals surface area contributed by atoms with Gasteiger partial charge < -0.3 is 0 Å². The molecule has 1 aromatic carbocycles. The summed E-state index contributed by atoms with van der Waals surface area (Å²) in [5, 5.41) is 0. The zero-order chi connectivity index (χ0) is 13.0. The average Bonchev–Trinajstić information content (AvgIpc) is 2.88. The highest BCUT2D eigenvalue weighted by atomic mass is 31.2. The minimum Gasteiger partial charge on any atom is -0.294 e. The van der Waals surface area contributed by atoms with Gasteiger partial charge in [0.1, 0.15) is 0 Å². The van der Waals surface area contributed by atoms with Crippen molar-refractivity contribution >= 4 is 7.75 Å². The van der Waals surface area contributed by atoms with Crippen LogP contribution in [0.25, 0.3) is 0 Å². The Morgan fingerprint density at radius 2 is 1.94 bits per heavy atom. The first kappa shape index (κ1) is 13.3. The van der Waals surface area contributed by atoms with E-state index in [4.69, 9.17) is 13.9 Å². The maximum Gasteiger partial charge on any atom is 0.458 e. The van der Waals surface area contributed by atoms with E-state index < -0.39 is 7.75 Å². The van der Waals surface area contributed by atoms with Crippen LogP contribution in [0.3, 0.4) is 0 Å². The molecule has 0 saturated carbocycles. The van der Waals surface area contributed by atoms with Crippen LogP contribution in [0.4, 0.5) is 0 Å². The smallest absolute Gasteiger partial charge is 0.294 e. The van der Waals surface area contributed by atoms with Crippen molar-refractivity contribution in [3.05, 3.63) is 47.7 Å². The molecule has 0 amide bonds. The molecule has 2 rings (SSSR count). The van der Waals surface area contributed by atoms with Gasteiger partial charge in [-0.1, -0.05) is 30.3 Å². The van der Waals surface area contributed by atoms with E-state index in [1.54, 1.807) is 0 Å². The zero-order valence-electron chi connectivity index (χ0n) is 10.4. The van der Waals surface area contributed by atoms with Crippen LogP contribution < -0.4 is 0 Å². The van der Waals surface area contributed by atoms with E-state index in [0.29, 0.717) is 13.0 Å². The van der Waals surface area contributed by atoms with Crippen molar-refractivity contribution in [3.8, 4) is 0 Å². The summed E-state index contributed by atoms with van der Waals surface area (Å²) in [7, 11) is -0.700. The van der Waals surface area contributed by atoms with Crippen LogP contribution in [0.2, 0.25) is 0 Å². The van der Waals surface area contributed by atoms with Gasteiger partial charge in [0.2, 0.25) is 0 Å². The maximum atomic E-state index is 12.3. The molecule has 6 heteroatoms. The van der Waals surface area contributed by atoms with Crippen molar-refractivity contribution in [2.24, 2.45) is 0 Å². The standard InChI is InChI=1S/C12H16NO4P/c1-15-18(14,16-2)13-12(8-9-17-13)10-11-6-4-3-5-7-11/h3-8H,9-10H2,1-2H3. The molecule has 0 bridgehead atoms. The van der Waals surface area contributed by atoms with E-state index in [1.807, 2.05) is 36.4 Å². The number of benzene rings is 1. The van der Waals surface area contributed by atoms with Gasteiger partial charge in [-0.25, -0.2) is 4.57 Å². The first-order valence-corrected chi connectivity index (χ1v) is 7.07. The fraction of sp³-hybridized carbons (Fsp3) is 0.333. The molecule has 0 N–H and O–H groups in total. The fourth-order valence-corrected chi connectivity index (χ4v) is 2.88. The highest BCUT2D eigenvalue weighted by Gasteiger charge is 2.36. The fourth-order valence-electron chi connectivity index (χ4n) is 1.76. The zero-order valence-corrected chi connectivity index (χ0v) is 11.3. The van der Waals surface area contributed by atoms with Gasteiger partial charge in [-0.15, -0.1) is 0 Å². The summed E-state index contributed by atoms with van der Waals surface area (Å²) >= 11 is 0. The lowest BCUT2D eigenvalue weighted by Gasteiger charge is -2.26. The molecule has 98 valence electrons. The number of hydroxylamine groups is 1. The monoisotopic (exact) mass is 269 g/mol. The second-order valence-corrected chi connectivity index (χ2v) is 5.79. The van der Waals surface area contributed by atoms with Crippen LogP contribution in [0.15, 0.2) is 42.1 Å². The second-order valence-electron chi connectivity index (χ2n) is 3.76. The quantitative estimate of drug-likeness (QED) is 0.769. The van der Waals surface area contributed by atoms with E-state index in [9.17, 15) is 4.57 Å². The Hall–Kier alpha value is -1.13. The Morgan fingerprint density at radius 3 is 2.56 bits per heavy atom. The Labute approximate surface area is 106 Å². The number of hydrogen-bond donors (Lipinski definition) is 0. The van der Waals surface area contributed by atoms with E-state index in [2.05, 4.69) is 0 Å². The first-order valence-electron chi connectivity index (χ1n) is 5.57. The average molecular weight is 269 g/mol. The highest BCUT2D eigenvalue weighted by Crippen LogP contribution is 2.54. The van der Waals surface area contributed by atoms with Gasteiger partial charge in [0.05, 0.1) is 12.3 Å². The number of allylic oxidation sites excluding steroid dienone is 1. The molecule has 5 nitrogen and oxygen atoms in total. The lowest BCUT2D eigenvalue weighted by molar-refractivity contribution is -0.0506. The molecule has 1 aliphatic rings. The van der Waals surface area contributed by atoms with Gasteiger partial charge in [0.25, 0.3) is 0 Å². The molecule has 0 aliphatic carbocycles. The molecule has 0 saturated heterocycles. The van der Waals surface area contributed by atoms with Gasteiger partial charge in [0, 0.05) is 20.6 Å². The van der Waals surface area contributed by atoms with E-state index in [-0.39, 0.29) is 0 Å². The molecular formula is C12H16NO4P. The molecule has 1 aromatic rings. The number of hydrogen-bond acceptors (Lipinski definition) is 4. The van der Waals surface area contributed by atoms with Gasteiger partial charge in [-0.05, 0) is 11.6 Å². The molecule has 0 aromatic heterocycles. The van der Waals surface area contributed by atoms with Crippen molar-refractivity contribution in [2.45, 2.75) is 6.42 Å². The van der Waals surface area contributed by atoms with E-state index in [0.717, 1.165) is 11.3 Å². The SMILES string of the molecule is COP(=O)(OC)N1OCC=C1Cc1ccccc1. The lowest BCUT2D eigenvalue weighted by atomic mass is 10.1. The normalized spacial score (nSPS) is 15.9. The van der Waals surface area contributed by atoms with Crippen molar-refractivity contribution in [3.63, 3.8) is 0 Å².